The highest BCUT2D eigenvalue weighted by molar-refractivity contribution is 7.99. The molecule has 0 saturated carbocycles. The molecule has 184 valence electrons. The maximum absolute atomic E-state index is 12.5. The third-order valence-electron chi connectivity index (χ3n) is 4.78. The molecule has 2 amide bonds. The van der Waals surface area contributed by atoms with Crippen LogP contribution in [0.15, 0.2) is 29.3 Å². The van der Waals surface area contributed by atoms with Crippen LogP contribution in [-0.2, 0) is 35.1 Å². The first-order valence-electron chi connectivity index (χ1n) is 10.2. The summed E-state index contributed by atoms with van der Waals surface area (Å²) in [5, 5.41) is 23.8. The first kappa shape index (κ1) is 26.7. The molecule has 2 atom stereocenters. The molecule has 1 aromatic heterocycles. The fourth-order valence-electron chi connectivity index (χ4n) is 3.00. The van der Waals surface area contributed by atoms with Gasteiger partial charge < -0.3 is 36.3 Å². The summed E-state index contributed by atoms with van der Waals surface area (Å²) in [6, 6.07) is 4.93. The number of ether oxygens (including phenoxy) is 1. The van der Waals surface area contributed by atoms with Crippen LogP contribution in [0.4, 0.5) is 0 Å². The molecular weight excluding hydrogens is 468 g/mol. The molecule has 0 spiro atoms. The zero-order valence-corrected chi connectivity index (χ0v) is 19.1. The number of benzene rings is 1. The molecule has 7 N–H and O–H groups in total. The number of carboxylic acids is 2. The third kappa shape index (κ3) is 7.78. The summed E-state index contributed by atoms with van der Waals surface area (Å²) in [6.07, 6.45) is -0.387. The molecule has 0 aliphatic carbocycles. The van der Waals surface area contributed by atoms with Crippen molar-refractivity contribution >= 4 is 52.4 Å². The second-order valence-electron chi connectivity index (χ2n) is 7.26. The fraction of sp³-hybridized carbons (Fsp3) is 0.381. The number of amides is 2. The second-order valence-corrected chi connectivity index (χ2v) is 8.29. The predicted octanol–water partition coefficient (Wildman–Crippen LogP) is -0.147. The summed E-state index contributed by atoms with van der Waals surface area (Å²) in [6.45, 7) is -0.639. The van der Waals surface area contributed by atoms with E-state index in [4.69, 9.17) is 20.7 Å². The van der Waals surface area contributed by atoms with E-state index >= 15 is 0 Å². The van der Waals surface area contributed by atoms with E-state index < -0.39 is 48.4 Å². The van der Waals surface area contributed by atoms with Gasteiger partial charge in [-0.1, -0.05) is 18.2 Å². The van der Waals surface area contributed by atoms with E-state index in [9.17, 15) is 24.0 Å². The number of rotatable bonds is 13. The van der Waals surface area contributed by atoms with E-state index in [-0.39, 0.29) is 25.0 Å². The molecule has 0 unspecified atom stereocenters. The van der Waals surface area contributed by atoms with Gasteiger partial charge in [-0.15, -0.1) is 11.8 Å². The van der Waals surface area contributed by atoms with Gasteiger partial charge in [0.25, 0.3) is 0 Å². The molecule has 34 heavy (non-hydrogen) atoms. The maximum atomic E-state index is 12.5. The molecule has 0 radical (unpaired) electrons. The number of H-pyrrole nitrogens is 1. The summed E-state index contributed by atoms with van der Waals surface area (Å²) >= 11 is 1.16. The van der Waals surface area contributed by atoms with Gasteiger partial charge in [0.15, 0.2) is 0 Å². The lowest BCUT2D eigenvalue weighted by Crippen LogP contribution is -2.49. The molecule has 1 heterocycles. The van der Waals surface area contributed by atoms with Crippen LogP contribution in [0.1, 0.15) is 18.4 Å². The van der Waals surface area contributed by atoms with E-state index in [1.807, 2.05) is 24.3 Å². The topological polar surface area (TPSA) is 201 Å². The van der Waals surface area contributed by atoms with E-state index in [1.54, 1.807) is 0 Å². The molecule has 2 aromatic rings. The Labute approximate surface area is 198 Å². The van der Waals surface area contributed by atoms with Gasteiger partial charge in [-0.05, 0) is 12.5 Å². The van der Waals surface area contributed by atoms with Crippen LogP contribution in [-0.4, -0.2) is 76.4 Å². The zero-order chi connectivity index (χ0) is 25.3. The van der Waals surface area contributed by atoms with Crippen LogP contribution in [0.25, 0.3) is 10.9 Å². The number of nitrogens with one attached hydrogen (secondary N) is 3. The van der Waals surface area contributed by atoms with Gasteiger partial charge in [-0.2, -0.15) is 0 Å². The Morgan fingerprint density at radius 2 is 1.88 bits per heavy atom. The molecule has 13 heteroatoms. The lowest BCUT2D eigenvalue weighted by Gasteiger charge is -2.18. The first-order chi connectivity index (χ1) is 16.1. The Balaban J connectivity index is 2.18. The van der Waals surface area contributed by atoms with Gasteiger partial charge >= 0.3 is 17.9 Å². The Morgan fingerprint density at radius 3 is 2.53 bits per heavy atom. The van der Waals surface area contributed by atoms with Crippen molar-refractivity contribution in [2.24, 2.45) is 5.73 Å². The average molecular weight is 495 g/mol. The maximum Gasteiger partial charge on any atom is 0.322 e. The SMILES string of the molecule is COC(=O)Cc1c(SC[C@H](NC(=O)CC[C@H](N)C(=O)O)C(=O)NCC(=O)O)[nH]c2ccccc12. The molecule has 0 fully saturated rings. The number of carboxylic acid groups (broad SMARTS) is 2. The van der Waals surface area contributed by atoms with E-state index in [0.717, 1.165) is 22.7 Å². The van der Waals surface area contributed by atoms with E-state index in [2.05, 4.69) is 15.6 Å². The minimum absolute atomic E-state index is 0.00315. The van der Waals surface area contributed by atoms with Gasteiger partial charge in [-0.25, -0.2) is 0 Å². The van der Waals surface area contributed by atoms with Gasteiger partial charge in [-0.3, -0.25) is 24.0 Å². The predicted molar refractivity (Wildman–Crippen MR) is 122 cm³/mol. The number of aromatic nitrogens is 1. The Kier molecular flexibility index (Phi) is 9.89. The van der Waals surface area contributed by atoms with Crippen molar-refractivity contribution in [2.75, 3.05) is 19.4 Å². The molecule has 0 bridgehead atoms. The number of hydrogen-bond donors (Lipinski definition) is 6. The lowest BCUT2D eigenvalue weighted by molar-refractivity contribution is -0.140. The molecule has 0 aliphatic heterocycles. The van der Waals surface area contributed by atoms with E-state index in [0.29, 0.717) is 10.6 Å². The summed E-state index contributed by atoms with van der Waals surface area (Å²) in [7, 11) is 1.28. The number of methoxy groups -OCH3 is 1. The zero-order valence-electron chi connectivity index (χ0n) is 18.3. The van der Waals surface area contributed by atoms with Gasteiger partial charge in [0.05, 0.1) is 18.6 Å². The minimum atomic E-state index is -1.26. The smallest absolute Gasteiger partial charge is 0.322 e. The largest absolute Gasteiger partial charge is 0.480 e. The summed E-state index contributed by atoms with van der Waals surface area (Å²) in [5.74, 6) is -4.30. The van der Waals surface area contributed by atoms with Gasteiger partial charge in [0.2, 0.25) is 11.8 Å². The molecule has 2 rings (SSSR count). The monoisotopic (exact) mass is 494 g/mol. The van der Waals surface area contributed by atoms with Crippen molar-refractivity contribution < 1.29 is 38.9 Å². The highest BCUT2D eigenvalue weighted by Crippen LogP contribution is 2.30. The van der Waals surface area contributed by atoms with Crippen molar-refractivity contribution in [1.82, 2.24) is 15.6 Å². The molecule has 1 aromatic carbocycles. The van der Waals surface area contributed by atoms with Gasteiger partial charge in [0, 0.05) is 28.6 Å². The number of para-hydroxylation sites is 1. The number of esters is 1. The number of aromatic amines is 1. The number of thioether (sulfide) groups is 1. The number of hydrogen-bond acceptors (Lipinski definition) is 8. The summed E-state index contributed by atoms with van der Waals surface area (Å²) in [5.41, 5.74) is 6.83. The average Bonchev–Trinajstić information content (AvgIpc) is 3.15. The van der Waals surface area contributed by atoms with Crippen LogP contribution in [0.5, 0.6) is 0 Å². The van der Waals surface area contributed by atoms with Crippen molar-refractivity contribution in [1.29, 1.82) is 0 Å². The fourth-order valence-corrected chi connectivity index (χ4v) is 4.11. The summed E-state index contributed by atoms with van der Waals surface area (Å²) < 4.78 is 4.77. The highest BCUT2D eigenvalue weighted by atomic mass is 32.2. The first-order valence-corrected chi connectivity index (χ1v) is 11.2. The third-order valence-corrected chi connectivity index (χ3v) is 5.92. The van der Waals surface area contributed by atoms with Crippen LogP contribution in [0, 0.1) is 0 Å². The molecule has 0 aliphatic rings. The van der Waals surface area contributed by atoms with Crippen molar-refractivity contribution in [2.45, 2.75) is 36.4 Å². The van der Waals surface area contributed by atoms with Gasteiger partial charge in [0.1, 0.15) is 18.6 Å². The van der Waals surface area contributed by atoms with Crippen molar-refractivity contribution in [3.63, 3.8) is 0 Å². The van der Waals surface area contributed by atoms with Crippen LogP contribution in [0.2, 0.25) is 0 Å². The molecule has 12 nitrogen and oxygen atoms in total. The quantitative estimate of drug-likeness (QED) is 0.161. The minimum Gasteiger partial charge on any atom is -0.480 e. The number of carbonyl (C=O) groups is 5. The van der Waals surface area contributed by atoms with Crippen LogP contribution < -0.4 is 16.4 Å². The molecular formula is C21H26N4O8S. The number of nitrogens with two attached hydrogens (primary N) is 1. The summed E-state index contributed by atoms with van der Waals surface area (Å²) in [4.78, 5) is 61.6. The van der Waals surface area contributed by atoms with Crippen LogP contribution >= 0.6 is 11.8 Å². The Hall–Kier alpha value is -3.58. The number of aliphatic carboxylic acids is 2. The normalized spacial score (nSPS) is 12.5. The lowest BCUT2D eigenvalue weighted by atomic mass is 10.1. The second kappa shape index (κ2) is 12.6. The Morgan fingerprint density at radius 1 is 1.18 bits per heavy atom. The number of fused-ring (bicyclic) bond motifs is 1. The Bertz CT molecular complexity index is 1070. The van der Waals surface area contributed by atoms with Crippen molar-refractivity contribution in [3.8, 4) is 0 Å². The standard InChI is InChI=1S/C21H26N4O8S/c1-33-18(29)8-12-11-4-2-3-5-14(11)25-20(12)34-10-15(19(30)23-9-17(27)28)24-16(26)7-6-13(22)21(31)32/h2-5,13,15,25H,6-10,22H2,1H3,(H,23,30)(H,24,26)(H,27,28)(H,31,32)/t13-,15-/m0/s1. The van der Waals surface area contributed by atoms with E-state index in [1.165, 1.54) is 7.11 Å². The van der Waals surface area contributed by atoms with Crippen LogP contribution in [0.3, 0.4) is 0 Å². The van der Waals surface area contributed by atoms with Crippen molar-refractivity contribution in [3.05, 3.63) is 29.8 Å². The molecule has 0 saturated heterocycles. The number of carbonyl (C=O) groups excluding carboxylic acids is 3. The highest BCUT2D eigenvalue weighted by Gasteiger charge is 2.24.